The molecule has 2 saturated heterocycles. The van der Waals surface area contributed by atoms with Crippen LogP contribution in [0.1, 0.15) is 17.7 Å². The highest BCUT2D eigenvalue weighted by molar-refractivity contribution is 7.77. The highest BCUT2D eigenvalue weighted by Crippen LogP contribution is 2.55. The maximum atomic E-state index is 14.9. The quantitative estimate of drug-likeness (QED) is 0.536. The fraction of sp³-hybridized carbons (Fsp3) is 0.375. The summed E-state index contributed by atoms with van der Waals surface area (Å²) in [5, 5.41) is 8.12. The number of urea groups is 1. The van der Waals surface area contributed by atoms with E-state index in [2.05, 4.69) is 10.2 Å². The molecule has 3 aromatic rings. The number of amides is 2. The summed E-state index contributed by atoms with van der Waals surface area (Å²) in [5.41, 5.74) is 1.08. The molecule has 1 radical (unpaired) electrons. The number of halogens is 3. The summed E-state index contributed by atoms with van der Waals surface area (Å²) >= 11 is 0. The summed E-state index contributed by atoms with van der Waals surface area (Å²) in [6, 6.07) is 11.2. The number of nitrogens with one attached hydrogen (secondary N) is 1. The number of hydrogen-bond donors (Lipinski definition) is 2. The number of aromatic amines is 1. The lowest BCUT2D eigenvalue weighted by Gasteiger charge is -2.41. The zero-order valence-electron chi connectivity index (χ0n) is 18.9. The maximum Gasteiger partial charge on any atom is 0.320 e. The molecule has 2 aliphatic heterocycles. The lowest BCUT2D eigenvalue weighted by molar-refractivity contribution is 0.0139. The molecule has 11 heteroatoms. The molecule has 2 fully saturated rings. The number of aromatic nitrogens is 2. The summed E-state index contributed by atoms with van der Waals surface area (Å²) in [4.78, 5) is 38.7. The van der Waals surface area contributed by atoms with E-state index in [-0.39, 0.29) is 49.2 Å². The second kappa shape index (κ2) is 8.91. The summed E-state index contributed by atoms with van der Waals surface area (Å²) in [6.07, 6.45) is 0.381. The van der Waals surface area contributed by atoms with Crippen LogP contribution < -0.4 is 10.9 Å². The van der Waals surface area contributed by atoms with E-state index < -0.39 is 31.8 Å². The molecule has 2 aromatic carbocycles. The van der Waals surface area contributed by atoms with Gasteiger partial charge in [-0.25, -0.2) is 23.1 Å². The normalized spacial score (nSPS) is 19.3. The minimum absolute atomic E-state index is 0.00584. The summed E-state index contributed by atoms with van der Waals surface area (Å²) in [7, 11) is -2.89. The zero-order chi connectivity index (χ0) is 24.8. The van der Waals surface area contributed by atoms with E-state index in [0.29, 0.717) is 22.9 Å². The number of nitrogens with zero attached hydrogens (tertiary/aromatic N) is 3. The molecular formula is C24H25F3N4O3P. The van der Waals surface area contributed by atoms with E-state index >= 15 is 0 Å². The molecule has 0 saturated carbocycles. The predicted molar refractivity (Wildman–Crippen MR) is 128 cm³/mol. The maximum absolute atomic E-state index is 14.9. The van der Waals surface area contributed by atoms with Crippen molar-refractivity contribution in [1.29, 1.82) is 0 Å². The number of carbonyl (C=O) groups excluding carboxylic acids is 1. The Hall–Kier alpha value is -2.97. The smallest absolute Gasteiger partial charge is 0.320 e. The van der Waals surface area contributed by atoms with Gasteiger partial charge in [-0.05, 0) is 23.8 Å². The van der Waals surface area contributed by atoms with Gasteiger partial charge in [0.05, 0.1) is 17.6 Å². The van der Waals surface area contributed by atoms with Gasteiger partial charge in [-0.2, -0.15) is 5.10 Å². The lowest BCUT2D eigenvalue weighted by atomic mass is 10.0. The SMILES string of the molecule is O=C(N1CC[P](O)(c2cc(Cc3n[nH]c(=O)c4ccccc34)ccc2F)CC1)N1CCC(F)(F)C1. The number of carbonyl (C=O) groups is 1. The predicted octanol–water partition coefficient (Wildman–Crippen LogP) is 2.98. The highest BCUT2D eigenvalue weighted by atomic mass is 31.2. The van der Waals surface area contributed by atoms with Crippen LogP contribution in [0.5, 0.6) is 0 Å². The first-order valence-corrected chi connectivity index (χ1v) is 13.5. The van der Waals surface area contributed by atoms with Gasteiger partial charge in [-0.3, -0.25) is 4.79 Å². The number of H-pyrrole nitrogens is 1. The van der Waals surface area contributed by atoms with Crippen molar-refractivity contribution in [2.75, 3.05) is 38.5 Å². The first kappa shape index (κ1) is 23.8. The van der Waals surface area contributed by atoms with Crippen LogP contribution >= 0.6 is 7.49 Å². The Balaban J connectivity index is 1.34. The van der Waals surface area contributed by atoms with Gasteiger partial charge in [0, 0.05) is 63.0 Å². The minimum atomic E-state index is -2.89. The lowest BCUT2D eigenvalue weighted by Crippen LogP contribution is -2.49. The molecule has 7 nitrogen and oxygen atoms in total. The van der Waals surface area contributed by atoms with Crippen molar-refractivity contribution < 1.29 is 22.9 Å². The van der Waals surface area contributed by atoms with E-state index in [1.165, 1.54) is 11.0 Å². The summed E-state index contributed by atoms with van der Waals surface area (Å²) in [6.45, 7) is -0.223. The van der Waals surface area contributed by atoms with Crippen LogP contribution in [0, 0.1) is 5.82 Å². The Labute approximate surface area is 200 Å². The third-order valence-corrected chi connectivity index (χ3v) is 9.92. The Kier molecular flexibility index (Phi) is 6.05. The van der Waals surface area contributed by atoms with Crippen molar-refractivity contribution in [2.45, 2.75) is 18.8 Å². The van der Waals surface area contributed by atoms with Crippen LogP contribution in [-0.2, 0) is 6.42 Å². The number of likely N-dealkylation sites (tertiary alicyclic amines) is 1. The van der Waals surface area contributed by atoms with E-state index in [0.717, 1.165) is 10.5 Å². The number of hydrogen-bond acceptors (Lipinski definition) is 4. The summed E-state index contributed by atoms with van der Waals surface area (Å²) in [5.74, 6) is -3.38. The number of rotatable bonds is 3. The fourth-order valence-corrected chi connectivity index (χ4v) is 7.54. The first-order chi connectivity index (χ1) is 16.7. The van der Waals surface area contributed by atoms with Crippen molar-refractivity contribution in [3.8, 4) is 0 Å². The van der Waals surface area contributed by atoms with Crippen molar-refractivity contribution in [1.82, 2.24) is 20.0 Å². The molecule has 0 unspecified atom stereocenters. The molecule has 2 amide bonds. The van der Waals surface area contributed by atoms with Gasteiger partial charge in [0.15, 0.2) is 0 Å². The average Bonchev–Trinajstić information content (AvgIpc) is 3.22. The van der Waals surface area contributed by atoms with E-state index in [4.69, 9.17) is 0 Å². The van der Waals surface area contributed by atoms with Gasteiger partial charge < -0.3 is 14.7 Å². The number of fused-ring (bicyclic) bond motifs is 1. The van der Waals surface area contributed by atoms with Gasteiger partial charge in [0.1, 0.15) is 5.82 Å². The molecule has 0 aliphatic carbocycles. The number of benzene rings is 2. The van der Waals surface area contributed by atoms with Gasteiger partial charge in [-0.1, -0.05) is 24.3 Å². The first-order valence-electron chi connectivity index (χ1n) is 11.4. The molecule has 1 aromatic heterocycles. The fourth-order valence-electron chi connectivity index (χ4n) is 4.81. The van der Waals surface area contributed by atoms with Gasteiger partial charge >= 0.3 is 6.03 Å². The highest BCUT2D eigenvalue weighted by Gasteiger charge is 2.43. The van der Waals surface area contributed by atoms with Crippen LogP contribution in [0.4, 0.5) is 18.0 Å². The van der Waals surface area contributed by atoms with E-state index in [9.17, 15) is 27.7 Å². The Morgan fingerprint density at radius 2 is 1.80 bits per heavy atom. The second-order valence-electron chi connectivity index (χ2n) is 9.17. The molecule has 2 aliphatic rings. The second-order valence-corrected chi connectivity index (χ2v) is 12.4. The molecule has 3 heterocycles. The van der Waals surface area contributed by atoms with Crippen molar-refractivity contribution in [3.63, 3.8) is 0 Å². The van der Waals surface area contributed by atoms with Crippen molar-refractivity contribution in [3.05, 3.63) is 69.9 Å². The van der Waals surface area contributed by atoms with Gasteiger partial charge in [0.2, 0.25) is 0 Å². The Morgan fingerprint density at radius 3 is 2.49 bits per heavy atom. The average molecular weight is 505 g/mol. The minimum Gasteiger partial charge on any atom is -0.375 e. The molecule has 0 bridgehead atoms. The Morgan fingerprint density at radius 1 is 1.09 bits per heavy atom. The molecule has 185 valence electrons. The molecule has 0 spiro atoms. The van der Waals surface area contributed by atoms with E-state index in [1.807, 2.05) is 6.07 Å². The molecule has 35 heavy (non-hydrogen) atoms. The van der Waals surface area contributed by atoms with Crippen LogP contribution in [0.15, 0.2) is 47.3 Å². The van der Waals surface area contributed by atoms with Crippen molar-refractivity contribution >= 4 is 29.6 Å². The van der Waals surface area contributed by atoms with Crippen LogP contribution in [0.3, 0.4) is 0 Å². The van der Waals surface area contributed by atoms with Crippen molar-refractivity contribution in [2.24, 2.45) is 0 Å². The molecular weight excluding hydrogens is 480 g/mol. The van der Waals surface area contributed by atoms with Crippen LogP contribution in [0.25, 0.3) is 10.8 Å². The Bertz CT molecular complexity index is 1340. The van der Waals surface area contributed by atoms with Crippen LogP contribution in [-0.4, -0.2) is 75.3 Å². The third kappa shape index (κ3) is 4.65. The zero-order valence-corrected chi connectivity index (χ0v) is 19.8. The summed E-state index contributed by atoms with van der Waals surface area (Å²) < 4.78 is 41.9. The van der Waals surface area contributed by atoms with E-state index in [1.54, 1.807) is 30.3 Å². The van der Waals surface area contributed by atoms with Gasteiger partial charge in [-0.15, -0.1) is 0 Å². The topological polar surface area (TPSA) is 89.5 Å². The monoisotopic (exact) mass is 505 g/mol. The largest absolute Gasteiger partial charge is 0.375 e. The van der Waals surface area contributed by atoms with Crippen LogP contribution in [0.2, 0.25) is 0 Å². The standard InChI is InChI=1S/C24H25F3N4O3P/c25-19-6-5-16(13-20-17-3-1-2-4-18(17)22(32)29-28-20)14-21(19)35(34)11-9-30(10-12-35)23(33)31-8-7-24(26,27)15-31/h1-6,14,34H,7-13,15H2,(H,29,32). The third-order valence-electron chi connectivity index (χ3n) is 6.80. The number of alkyl halides is 2. The molecule has 2 N–H and O–H groups in total. The molecule has 5 rings (SSSR count). The van der Waals surface area contributed by atoms with Gasteiger partial charge in [0.25, 0.3) is 11.5 Å². The molecule has 0 atom stereocenters.